The molecule has 0 spiro atoms. The largest absolute Gasteiger partial charge is 0.488 e. The molecular formula is C16H27NO. The van der Waals surface area contributed by atoms with Crippen LogP contribution in [0, 0.1) is 6.92 Å². The number of pyridine rings is 1. The van der Waals surface area contributed by atoms with Crippen LogP contribution in [-0.4, -0.2) is 11.6 Å². The van der Waals surface area contributed by atoms with Crippen LogP contribution < -0.4 is 4.74 Å². The van der Waals surface area contributed by atoms with E-state index in [1.807, 2.05) is 47.6 Å². The number of allylic oxidation sites excluding steroid dienone is 1. The van der Waals surface area contributed by atoms with Crippen molar-refractivity contribution in [1.29, 1.82) is 0 Å². The van der Waals surface area contributed by atoms with Gasteiger partial charge in [0, 0.05) is 0 Å². The molecule has 0 aliphatic heterocycles. The van der Waals surface area contributed by atoms with E-state index in [4.69, 9.17) is 4.74 Å². The van der Waals surface area contributed by atoms with Crippen LogP contribution in [0.1, 0.15) is 45.9 Å². The minimum atomic E-state index is 0.507. The summed E-state index contributed by atoms with van der Waals surface area (Å²) in [6.45, 7) is 19.9. The summed E-state index contributed by atoms with van der Waals surface area (Å²) < 4.78 is 5.36. The molecule has 102 valence electrons. The topological polar surface area (TPSA) is 22.1 Å². The van der Waals surface area contributed by atoms with Gasteiger partial charge >= 0.3 is 0 Å². The van der Waals surface area contributed by atoms with Gasteiger partial charge in [0.05, 0.1) is 11.9 Å². The SMILES string of the molecule is C=CCOc1cnc(C(=C)C)c(C)c1.CC.CC. The van der Waals surface area contributed by atoms with Crippen molar-refractivity contribution >= 4 is 5.57 Å². The molecule has 1 aromatic heterocycles. The fourth-order valence-electron chi connectivity index (χ4n) is 1.23. The Bertz CT molecular complexity index is 356. The van der Waals surface area contributed by atoms with Crippen LogP contribution in [0.2, 0.25) is 0 Å². The van der Waals surface area contributed by atoms with Crippen molar-refractivity contribution in [1.82, 2.24) is 4.98 Å². The fourth-order valence-corrected chi connectivity index (χ4v) is 1.23. The van der Waals surface area contributed by atoms with Crippen LogP contribution in [0.3, 0.4) is 0 Å². The van der Waals surface area contributed by atoms with Crippen LogP contribution in [0.4, 0.5) is 0 Å². The molecule has 0 fully saturated rings. The first-order valence-electron chi connectivity index (χ1n) is 6.51. The molecule has 0 saturated carbocycles. The highest BCUT2D eigenvalue weighted by Crippen LogP contribution is 2.18. The highest BCUT2D eigenvalue weighted by molar-refractivity contribution is 5.61. The number of nitrogens with zero attached hydrogens (tertiary/aromatic N) is 1. The normalized spacial score (nSPS) is 8.11. The Balaban J connectivity index is 0. The maximum atomic E-state index is 5.36. The van der Waals surface area contributed by atoms with Gasteiger partial charge in [0.15, 0.2) is 0 Å². The van der Waals surface area contributed by atoms with Gasteiger partial charge in [0.25, 0.3) is 0 Å². The number of rotatable bonds is 4. The zero-order valence-corrected chi connectivity index (χ0v) is 12.7. The Morgan fingerprint density at radius 3 is 2.28 bits per heavy atom. The molecule has 0 aliphatic carbocycles. The predicted molar refractivity (Wildman–Crippen MR) is 82.1 cm³/mol. The van der Waals surface area contributed by atoms with E-state index in [0.29, 0.717) is 6.61 Å². The molecule has 0 bridgehead atoms. The van der Waals surface area contributed by atoms with Gasteiger partial charge in [-0.1, -0.05) is 46.9 Å². The molecule has 1 aromatic rings. The Morgan fingerprint density at radius 2 is 1.89 bits per heavy atom. The van der Waals surface area contributed by atoms with Crippen molar-refractivity contribution < 1.29 is 4.74 Å². The fraction of sp³-hybridized carbons (Fsp3) is 0.438. The quantitative estimate of drug-likeness (QED) is 0.697. The number of aryl methyl sites for hydroxylation is 1. The van der Waals surface area contributed by atoms with E-state index >= 15 is 0 Å². The predicted octanol–water partition coefficient (Wildman–Crippen LogP) is 5.04. The van der Waals surface area contributed by atoms with Crippen molar-refractivity contribution in [2.24, 2.45) is 0 Å². The van der Waals surface area contributed by atoms with Gasteiger partial charge in [-0.3, -0.25) is 4.98 Å². The maximum Gasteiger partial charge on any atom is 0.138 e. The average molecular weight is 249 g/mol. The van der Waals surface area contributed by atoms with E-state index in [2.05, 4.69) is 18.1 Å². The Kier molecular flexibility index (Phi) is 12.4. The van der Waals surface area contributed by atoms with Crippen molar-refractivity contribution in [3.8, 4) is 5.75 Å². The second-order valence-corrected chi connectivity index (χ2v) is 3.22. The number of hydrogen-bond acceptors (Lipinski definition) is 2. The summed E-state index contributed by atoms with van der Waals surface area (Å²) in [6.07, 6.45) is 3.42. The third-order valence-electron chi connectivity index (χ3n) is 1.83. The summed E-state index contributed by atoms with van der Waals surface area (Å²) in [5.41, 5.74) is 2.99. The molecule has 0 aromatic carbocycles. The number of hydrogen-bond donors (Lipinski definition) is 0. The number of ether oxygens (including phenoxy) is 1. The zero-order chi connectivity index (χ0) is 14.6. The molecule has 1 rings (SSSR count). The van der Waals surface area contributed by atoms with Crippen molar-refractivity contribution in [3.05, 3.63) is 42.8 Å². The lowest BCUT2D eigenvalue weighted by Gasteiger charge is -2.07. The molecule has 2 nitrogen and oxygen atoms in total. The molecule has 0 N–H and O–H groups in total. The van der Waals surface area contributed by atoms with E-state index in [1.54, 1.807) is 12.3 Å². The lowest BCUT2D eigenvalue weighted by Crippen LogP contribution is -1.96. The number of aromatic nitrogens is 1. The first-order valence-corrected chi connectivity index (χ1v) is 6.51. The van der Waals surface area contributed by atoms with E-state index in [0.717, 1.165) is 22.6 Å². The Labute approximate surface area is 112 Å². The summed E-state index contributed by atoms with van der Waals surface area (Å²) in [5.74, 6) is 0.771. The van der Waals surface area contributed by atoms with Gasteiger partial charge in [-0.25, -0.2) is 0 Å². The van der Waals surface area contributed by atoms with Gasteiger partial charge in [-0.05, 0) is 31.1 Å². The van der Waals surface area contributed by atoms with E-state index in [9.17, 15) is 0 Å². The first kappa shape index (κ1) is 18.8. The van der Waals surface area contributed by atoms with Gasteiger partial charge in [0.2, 0.25) is 0 Å². The summed E-state index contributed by atoms with van der Waals surface area (Å²) in [6, 6.07) is 1.96. The van der Waals surface area contributed by atoms with Crippen LogP contribution in [0.5, 0.6) is 5.75 Å². The highest BCUT2D eigenvalue weighted by Gasteiger charge is 2.02. The molecule has 0 amide bonds. The monoisotopic (exact) mass is 249 g/mol. The summed E-state index contributed by atoms with van der Waals surface area (Å²) >= 11 is 0. The average Bonchev–Trinajstić information content (AvgIpc) is 2.40. The van der Waals surface area contributed by atoms with Crippen LogP contribution >= 0.6 is 0 Å². The second-order valence-electron chi connectivity index (χ2n) is 3.22. The molecule has 18 heavy (non-hydrogen) atoms. The summed E-state index contributed by atoms with van der Waals surface area (Å²) in [5, 5.41) is 0. The third kappa shape index (κ3) is 6.89. The smallest absolute Gasteiger partial charge is 0.138 e. The molecular weight excluding hydrogens is 222 g/mol. The molecule has 0 saturated heterocycles. The minimum absolute atomic E-state index is 0.507. The molecule has 0 atom stereocenters. The summed E-state index contributed by atoms with van der Waals surface area (Å²) in [7, 11) is 0. The van der Waals surface area contributed by atoms with Crippen molar-refractivity contribution in [3.63, 3.8) is 0 Å². The molecule has 0 radical (unpaired) electrons. The van der Waals surface area contributed by atoms with Crippen molar-refractivity contribution in [2.75, 3.05) is 6.61 Å². The Morgan fingerprint density at radius 1 is 1.33 bits per heavy atom. The van der Waals surface area contributed by atoms with E-state index in [-0.39, 0.29) is 0 Å². The first-order chi connectivity index (χ1) is 8.65. The van der Waals surface area contributed by atoms with E-state index < -0.39 is 0 Å². The Hall–Kier alpha value is -1.57. The van der Waals surface area contributed by atoms with Gasteiger partial charge in [-0.15, -0.1) is 0 Å². The van der Waals surface area contributed by atoms with Crippen LogP contribution in [0.15, 0.2) is 31.5 Å². The standard InChI is InChI=1S/C12H15NO.2C2H6/c1-5-6-14-11-7-10(4)12(9(2)3)13-8-11;2*1-2/h5,7-8H,1-2,6H2,3-4H3;2*1-2H3. The highest BCUT2D eigenvalue weighted by atomic mass is 16.5. The second kappa shape index (κ2) is 11.9. The van der Waals surface area contributed by atoms with Gasteiger partial charge in [0.1, 0.15) is 12.4 Å². The van der Waals surface area contributed by atoms with Gasteiger partial charge in [-0.2, -0.15) is 0 Å². The lowest BCUT2D eigenvalue weighted by atomic mass is 10.1. The zero-order valence-electron chi connectivity index (χ0n) is 12.7. The lowest BCUT2D eigenvalue weighted by molar-refractivity contribution is 0.361. The molecule has 0 aliphatic rings. The van der Waals surface area contributed by atoms with Gasteiger partial charge < -0.3 is 4.74 Å². The van der Waals surface area contributed by atoms with Crippen LogP contribution in [-0.2, 0) is 0 Å². The molecule has 1 heterocycles. The molecule has 0 unspecified atom stereocenters. The third-order valence-corrected chi connectivity index (χ3v) is 1.83. The maximum absolute atomic E-state index is 5.36. The minimum Gasteiger partial charge on any atom is -0.488 e. The molecule has 2 heteroatoms. The van der Waals surface area contributed by atoms with Crippen LogP contribution in [0.25, 0.3) is 5.57 Å². The van der Waals surface area contributed by atoms with E-state index in [1.165, 1.54) is 0 Å². The van der Waals surface area contributed by atoms with Crippen molar-refractivity contribution in [2.45, 2.75) is 41.5 Å². The summed E-state index contributed by atoms with van der Waals surface area (Å²) in [4.78, 5) is 4.27.